The van der Waals surface area contributed by atoms with Crippen LogP contribution in [-0.2, 0) is 19.8 Å². The minimum atomic E-state index is -4.80. The first-order valence-corrected chi connectivity index (χ1v) is 14.5. The first kappa shape index (κ1) is 31.8. The number of imidazole rings is 1. The van der Waals surface area contributed by atoms with Crippen molar-refractivity contribution in [2.24, 2.45) is 12.8 Å². The van der Waals surface area contributed by atoms with Crippen molar-refractivity contribution in [1.29, 1.82) is 5.26 Å². The van der Waals surface area contributed by atoms with Crippen molar-refractivity contribution in [1.82, 2.24) is 34.9 Å². The van der Waals surface area contributed by atoms with Gasteiger partial charge in [0.15, 0.2) is 11.5 Å². The van der Waals surface area contributed by atoms with Crippen LogP contribution in [0.5, 0.6) is 0 Å². The molecule has 3 aromatic rings. The zero-order valence-corrected chi connectivity index (χ0v) is 24.8. The first-order valence-electron chi connectivity index (χ1n) is 14.1. The van der Waals surface area contributed by atoms with Crippen molar-refractivity contribution < 1.29 is 27.6 Å². The molecule has 5 rings (SSSR count). The van der Waals surface area contributed by atoms with Gasteiger partial charge in [0, 0.05) is 50.1 Å². The summed E-state index contributed by atoms with van der Waals surface area (Å²) < 4.78 is 42.8. The minimum absolute atomic E-state index is 0.0154. The minimum Gasteiger partial charge on any atom is -0.349 e. The summed E-state index contributed by atoms with van der Waals surface area (Å²) >= 11 is 6.35. The quantitative estimate of drug-likeness (QED) is 0.305. The van der Waals surface area contributed by atoms with Crippen molar-refractivity contribution in [3.63, 3.8) is 0 Å². The number of carbonyl (C=O) groups excluding carboxylic acids is 3. The molecule has 2 fully saturated rings. The summed E-state index contributed by atoms with van der Waals surface area (Å²) in [7, 11) is 1.37. The molecule has 3 heterocycles. The number of piperidine rings is 1. The maximum atomic E-state index is 13.6. The molecule has 17 heteroatoms. The zero-order chi connectivity index (χ0) is 32.5. The number of rotatable bonds is 7. The summed E-state index contributed by atoms with van der Waals surface area (Å²) in [5.74, 6) is -1.34. The summed E-state index contributed by atoms with van der Waals surface area (Å²) in [5, 5.41) is 20.8. The molecule has 1 aromatic carbocycles. The summed E-state index contributed by atoms with van der Waals surface area (Å²) in [6.07, 6.45) is 0.284. The van der Waals surface area contributed by atoms with E-state index in [1.807, 2.05) is 0 Å². The van der Waals surface area contributed by atoms with Crippen LogP contribution in [0.3, 0.4) is 0 Å². The van der Waals surface area contributed by atoms with Gasteiger partial charge in [0.05, 0.1) is 34.1 Å². The fourth-order valence-corrected chi connectivity index (χ4v) is 5.65. The van der Waals surface area contributed by atoms with Crippen LogP contribution in [0, 0.1) is 11.3 Å². The average Bonchev–Trinajstić information content (AvgIpc) is 3.55. The number of urea groups is 1. The lowest BCUT2D eigenvalue weighted by Crippen LogP contribution is -2.57. The van der Waals surface area contributed by atoms with E-state index in [4.69, 9.17) is 22.6 Å². The number of nitrogens with zero attached hydrogens (tertiary/aromatic N) is 6. The maximum absolute atomic E-state index is 13.6. The van der Waals surface area contributed by atoms with E-state index in [1.165, 1.54) is 29.8 Å². The third-order valence-corrected chi connectivity index (χ3v) is 8.06. The van der Waals surface area contributed by atoms with Gasteiger partial charge in [-0.2, -0.15) is 23.5 Å². The average molecular weight is 647 g/mol. The SMILES string of the molecule is Cn1c(-c2cn(CC#N)nc2C(F)(F)F)cnc1C(=O)Nc1ccc(C(=O)N[C@H]2C[C@@H](NC(=O)N3CCCC(N)C3)C2)c(Cl)c1. The smallest absolute Gasteiger partial charge is 0.349 e. The van der Waals surface area contributed by atoms with Gasteiger partial charge in [0.25, 0.3) is 11.8 Å². The Labute approximate surface area is 260 Å². The molecule has 238 valence electrons. The molecule has 2 aromatic heterocycles. The molecule has 1 saturated carbocycles. The second kappa shape index (κ2) is 12.8. The number of carbonyl (C=O) groups is 3. The van der Waals surface area contributed by atoms with E-state index in [1.54, 1.807) is 11.0 Å². The molecule has 0 radical (unpaired) electrons. The molecule has 4 amide bonds. The van der Waals surface area contributed by atoms with E-state index in [-0.39, 0.29) is 57.5 Å². The summed E-state index contributed by atoms with van der Waals surface area (Å²) in [6.45, 7) is 0.802. The summed E-state index contributed by atoms with van der Waals surface area (Å²) in [5.41, 5.74) is 4.78. The summed E-state index contributed by atoms with van der Waals surface area (Å²) in [4.78, 5) is 44.0. The van der Waals surface area contributed by atoms with Crippen LogP contribution in [0.25, 0.3) is 11.3 Å². The molecule has 1 aliphatic carbocycles. The standard InChI is InChI=1S/C28H30ClF3N10O3/c1-40-22(20-14-42(8-6-33)39-23(20)28(30,31)32)12-35-24(40)26(44)36-16-4-5-19(21(29)11-16)25(43)37-17-9-18(10-17)38-27(45)41-7-2-3-15(34)13-41/h4-5,11-12,14-15,17-18H,2-3,7-10,13,34H2,1H3,(H,36,44)(H,37,43)(H,38,45)/t15?,17-,18+. The number of likely N-dealkylation sites (tertiary alicyclic amines) is 1. The Morgan fingerprint density at radius 3 is 2.58 bits per heavy atom. The highest BCUT2D eigenvalue weighted by atomic mass is 35.5. The molecule has 13 nitrogen and oxygen atoms in total. The Kier molecular flexibility index (Phi) is 9.03. The molecule has 2 aliphatic rings. The third kappa shape index (κ3) is 7.04. The molecule has 5 N–H and O–H groups in total. The predicted octanol–water partition coefficient (Wildman–Crippen LogP) is 3.13. The number of nitrogens with two attached hydrogens (primary N) is 1. The lowest BCUT2D eigenvalue weighted by Gasteiger charge is -2.38. The Morgan fingerprint density at radius 2 is 1.91 bits per heavy atom. The third-order valence-electron chi connectivity index (χ3n) is 7.75. The highest BCUT2D eigenvalue weighted by molar-refractivity contribution is 6.34. The number of aromatic nitrogens is 4. The topological polar surface area (TPSA) is 176 Å². The Balaban J connectivity index is 1.18. The van der Waals surface area contributed by atoms with Crippen molar-refractivity contribution in [2.75, 3.05) is 18.4 Å². The van der Waals surface area contributed by atoms with Crippen LogP contribution >= 0.6 is 11.6 Å². The number of nitrogens with one attached hydrogen (secondary N) is 3. The van der Waals surface area contributed by atoms with Gasteiger partial charge in [-0.15, -0.1) is 0 Å². The second-order valence-corrected chi connectivity index (χ2v) is 11.5. The number of halogens is 4. The number of benzene rings is 1. The Hall–Kier alpha value is -4.62. The van der Waals surface area contributed by atoms with Gasteiger partial charge < -0.3 is 31.2 Å². The van der Waals surface area contributed by atoms with E-state index < -0.39 is 30.2 Å². The van der Waals surface area contributed by atoms with Crippen LogP contribution in [0.4, 0.5) is 23.7 Å². The maximum Gasteiger partial charge on any atom is 0.435 e. The van der Waals surface area contributed by atoms with E-state index >= 15 is 0 Å². The number of alkyl halides is 3. The van der Waals surface area contributed by atoms with Crippen LogP contribution in [0.1, 0.15) is 52.4 Å². The number of anilines is 1. The molecular formula is C28H30ClF3N10O3. The second-order valence-electron chi connectivity index (χ2n) is 11.1. The Bertz CT molecular complexity index is 1660. The van der Waals surface area contributed by atoms with Crippen LogP contribution in [0.2, 0.25) is 5.02 Å². The van der Waals surface area contributed by atoms with Gasteiger partial charge in [-0.05, 0) is 43.9 Å². The first-order chi connectivity index (χ1) is 21.3. The molecule has 1 aliphatic heterocycles. The molecule has 1 saturated heterocycles. The van der Waals surface area contributed by atoms with Crippen LogP contribution in [0.15, 0.2) is 30.6 Å². The fourth-order valence-electron chi connectivity index (χ4n) is 5.38. The summed E-state index contributed by atoms with van der Waals surface area (Å²) in [6, 6.07) is 5.63. The van der Waals surface area contributed by atoms with Gasteiger partial charge in [0.1, 0.15) is 6.54 Å². The monoisotopic (exact) mass is 646 g/mol. The van der Waals surface area contributed by atoms with Gasteiger partial charge in [-0.25, -0.2) is 9.78 Å². The predicted molar refractivity (Wildman–Crippen MR) is 156 cm³/mol. The van der Waals surface area contributed by atoms with Gasteiger partial charge in [-0.3, -0.25) is 14.3 Å². The van der Waals surface area contributed by atoms with Crippen LogP contribution < -0.4 is 21.7 Å². The zero-order valence-electron chi connectivity index (χ0n) is 24.1. The number of amides is 4. The molecular weight excluding hydrogens is 617 g/mol. The van der Waals surface area contributed by atoms with E-state index in [0.29, 0.717) is 25.9 Å². The molecule has 1 atom stereocenters. The van der Waals surface area contributed by atoms with Gasteiger partial charge >= 0.3 is 12.2 Å². The van der Waals surface area contributed by atoms with Gasteiger partial charge in [0.2, 0.25) is 0 Å². The van der Waals surface area contributed by atoms with Crippen molar-refractivity contribution in [3.8, 4) is 17.3 Å². The molecule has 45 heavy (non-hydrogen) atoms. The van der Waals surface area contributed by atoms with E-state index in [2.05, 4.69) is 26.0 Å². The number of nitriles is 1. The van der Waals surface area contributed by atoms with Crippen molar-refractivity contribution >= 4 is 35.1 Å². The molecule has 0 bridgehead atoms. The van der Waals surface area contributed by atoms with Crippen molar-refractivity contribution in [3.05, 3.63) is 52.7 Å². The van der Waals surface area contributed by atoms with E-state index in [9.17, 15) is 27.6 Å². The lowest BCUT2D eigenvalue weighted by molar-refractivity contribution is -0.141. The Morgan fingerprint density at radius 1 is 1.18 bits per heavy atom. The number of hydrogen-bond acceptors (Lipinski definition) is 7. The fraction of sp³-hybridized carbons (Fsp3) is 0.429. The van der Waals surface area contributed by atoms with Gasteiger partial charge in [-0.1, -0.05) is 11.6 Å². The van der Waals surface area contributed by atoms with Crippen molar-refractivity contribution in [2.45, 2.75) is 56.5 Å². The molecule has 0 spiro atoms. The number of hydrogen-bond donors (Lipinski definition) is 4. The van der Waals surface area contributed by atoms with E-state index in [0.717, 1.165) is 29.9 Å². The lowest BCUT2D eigenvalue weighted by atomic mass is 9.86. The highest BCUT2D eigenvalue weighted by Crippen LogP contribution is 2.36. The largest absolute Gasteiger partial charge is 0.435 e. The van der Waals surface area contributed by atoms with Crippen LogP contribution in [-0.4, -0.2) is 73.3 Å². The highest BCUT2D eigenvalue weighted by Gasteiger charge is 2.39. The normalized spacial score (nSPS) is 19.8. The molecule has 1 unspecified atom stereocenters.